The van der Waals surface area contributed by atoms with Crippen LogP contribution in [0.3, 0.4) is 0 Å². The van der Waals surface area contributed by atoms with Gasteiger partial charge in [-0.3, -0.25) is 4.79 Å². The molecular formula is C13H18FN3O2. The molecule has 104 valence electrons. The number of nitrogens with two attached hydrogens (primary N) is 1. The Hall–Kier alpha value is -1.69. The van der Waals surface area contributed by atoms with Crippen molar-refractivity contribution in [2.24, 2.45) is 5.92 Å². The minimum absolute atomic E-state index is 0.0230. The Kier molecular flexibility index (Phi) is 4.31. The summed E-state index contributed by atoms with van der Waals surface area (Å²) in [4.78, 5) is 15.6. The summed E-state index contributed by atoms with van der Waals surface area (Å²) in [6, 6.07) is 1.31. The number of nitrogens with zero attached hydrogens (tertiary/aromatic N) is 1. The highest BCUT2D eigenvalue weighted by atomic mass is 19.1. The molecule has 1 amide bonds. The van der Waals surface area contributed by atoms with Gasteiger partial charge in [0.1, 0.15) is 0 Å². The molecule has 3 N–H and O–H groups in total. The van der Waals surface area contributed by atoms with E-state index in [9.17, 15) is 9.18 Å². The van der Waals surface area contributed by atoms with E-state index in [1.54, 1.807) is 0 Å². The van der Waals surface area contributed by atoms with Crippen molar-refractivity contribution in [1.82, 2.24) is 10.3 Å². The summed E-state index contributed by atoms with van der Waals surface area (Å²) in [5.41, 5.74) is 5.29. The SMILES string of the molecule is CC(NC(=O)c1ccnc(N)c1F)C1CCOCC1. The molecule has 1 aromatic heterocycles. The smallest absolute Gasteiger partial charge is 0.254 e. The van der Waals surface area contributed by atoms with Crippen molar-refractivity contribution in [2.75, 3.05) is 18.9 Å². The number of halogens is 1. The van der Waals surface area contributed by atoms with Gasteiger partial charge in [-0.2, -0.15) is 0 Å². The van der Waals surface area contributed by atoms with Gasteiger partial charge in [0.05, 0.1) is 5.56 Å². The molecule has 2 heterocycles. The standard InChI is InChI=1S/C13H18FN3O2/c1-8(9-3-6-19-7-4-9)17-13(18)10-2-5-16-12(15)11(10)14/h2,5,8-9H,3-4,6-7H2,1H3,(H2,15,16)(H,17,18). The molecular weight excluding hydrogens is 249 g/mol. The fraction of sp³-hybridized carbons (Fsp3) is 0.538. The number of amides is 1. The number of hydrogen-bond donors (Lipinski definition) is 2. The van der Waals surface area contributed by atoms with Gasteiger partial charge in [0, 0.05) is 25.5 Å². The number of pyridine rings is 1. The fourth-order valence-corrected chi connectivity index (χ4v) is 2.25. The maximum Gasteiger partial charge on any atom is 0.254 e. The zero-order chi connectivity index (χ0) is 13.8. The molecule has 0 bridgehead atoms. The van der Waals surface area contributed by atoms with Crippen LogP contribution in [0.5, 0.6) is 0 Å². The predicted octanol–water partition coefficient (Wildman–Crippen LogP) is 1.35. The Labute approximate surface area is 111 Å². The molecule has 0 radical (unpaired) electrons. The molecule has 1 aliphatic heterocycles. The topological polar surface area (TPSA) is 77.2 Å². The second-order valence-electron chi connectivity index (χ2n) is 4.77. The zero-order valence-corrected chi connectivity index (χ0v) is 10.9. The van der Waals surface area contributed by atoms with Gasteiger partial charge >= 0.3 is 0 Å². The van der Waals surface area contributed by atoms with E-state index < -0.39 is 11.7 Å². The predicted molar refractivity (Wildman–Crippen MR) is 69.1 cm³/mol. The molecule has 1 unspecified atom stereocenters. The van der Waals surface area contributed by atoms with Gasteiger partial charge in [0.15, 0.2) is 11.6 Å². The number of ether oxygens (including phenoxy) is 1. The maximum absolute atomic E-state index is 13.7. The number of nitrogen functional groups attached to an aromatic ring is 1. The molecule has 2 rings (SSSR count). The van der Waals surface area contributed by atoms with Crippen LogP contribution in [0.1, 0.15) is 30.1 Å². The van der Waals surface area contributed by atoms with Gasteiger partial charge in [-0.05, 0) is 31.7 Å². The number of rotatable bonds is 3. The first-order valence-corrected chi connectivity index (χ1v) is 6.38. The summed E-state index contributed by atoms with van der Waals surface area (Å²) in [6.07, 6.45) is 3.14. The molecule has 5 nitrogen and oxygen atoms in total. The lowest BCUT2D eigenvalue weighted by Crippen LogP contribution is -2.40. The van der Waals surface area contributed by atoms with E-state index in [1.165, 1.54) is 12.3 Å². The summed E-state index contributed by atoms with van der Waals surface area (Å²) in [6.45, 7) is 3.35. The normalized spacial score (nSPS) is 18.0. The summed E-state index contributed by atoms with van der Waals surface area (Å²) in [5, 5.41) is 2.82. The van der Waals surface area contributed by atoms with E-state index in [0.717, 1.165) is 12.8 Å². The van der Waals surface area contributed by atoms with E-state index in [1.807, 2.05) is 6.92 Å². The number of aromatic nitrogens is 1. The molecule has 0 saturated carbocycles. The minimum Gasteiger partial charge on any atom is -0.381 e. The lowest BCUT2D eigenvalue weighted by Gasteiger charge is -2.28. The van der Waals surface area contributed by atoms with Crippen LogP contribution in [0.25, 0.3) is 0 Å². The molecule has 0 aromatic carbocycles. The van der Waals surface area contributed by atoms with Crippen molar-refractivity contribution in [3.8, 4) is 0 Å². The van der Waals surface area contributed by atoms with E-state index in [-0.39, 0.29) is 17.4 Å². The quantitative estimate of drug-likeness (QED) is 0.866. The maximum atomic E-state index is 13.7. The van der Waals surface area contributed by atoms with Crippen LogP contribution >= 0.6 is 0 Å². The summed E-state index contributed by atoms with van der Waals surface area (Å²) >= 11 is 0. The highest BCUT2D eigenvalue weighted by Crippen LogP contribution is 2.19. The monoisotopic (exact) mass is 267 g/mol. The minimum atomic E-state index is -0.765. The number of anilines is 1. The van der Waals surface area contributed by atoms with Gasteiger partial charge in [-0.25, -0.2) is 9.37 Å². The second kappa shape index (κ2) is 5.97. The van der Waals surface area contributed by atoms with E-state index in [4.69, 9.17) is 10.5 Å². The first kappa shape index (κ1) is 13.7. The largest absolute Gasteiger partial charge is 0.381 e. The molecule has 1 fully saturated rings. The van der Waals surface area contributed by atoms with Crippen molar-refractivity contribution >= 4 is 11.7 Å². The Morgan fingerprint density at radius 2 is 2.26 bits per heavy atom. The zero-order valence-electron chi connectivity index (χ0n) is 10.9. The van der Waals surface area contributed by atoms with Crippen LogP contribution in [0.15, 0.2) is 12.3 Å². The Bertz CT molecular complexity index is 461. The molecule has 19 heavy (non-hydrogen) atoms. The van der Waals surface area contributed by atoms with Gasteiger partial charge in [0.2, 0.25) is 0 Å². The molecule has 1 aromatic rings. The second-order valence-corrected chi connectivity index (χ2v) is 4.77. The van der Waals surface area contributed by atoms with Gasteiger partial charge in [0.25, 0.3) is 5.91 Å². The van der Waals surface area contributed by atoms with Crippen LogP contribution in [0.2, 0.25) is 0 Å². The fourth-order valence-electron chi connectivity index (χ4n) is 2.25. The first-order chi connectivity index (χ1) is 9.09. The van der Waals surface area contributed by atoms with Crippen molar-refractivity contribution in [2.45, 2.75) is 25.8 Å². The average Bonchev–Trinajstić information content (AvgIpc) is 2.42. The van der Waals surface area contributed by atoms with Gasteiger partial charge < -0.3 is 15.8 Å². The lowest BCUT2D eigenvalue weighted by atomic mass is 9.93. The number of carbonyl (C=O) groups excluding carboxylic acids is 1. The van der Waals surface area contributed by atoms with Gasteiger partial charge in [-0.1, -0.05) is 0 Å². The van der Waals surface area contributed by atoms with Gasteiger partial charge in [-0.15, -0.1) is 0 Å². The van der Waals surface area contributed by atoms with E-state index in [2.05, 4.69) is 10.3 Å². The first-order valence-electron chi connectivity index (χ1n) is 6.38. The van der Waals surface area contributed by atoms with Crippen LogP contribution in [0.4, 0.5) is 10.2 Å². The van der Waals surface area contributed by atoms with Crippen molar-refractivity contribution in [3.63, 3.8) is 0 Å². The van der Waals surface area contributed by atoms with Crippen molar-refractivity contribution in [1.29, 1.82) is 0 Å². The van der Waals surface area contributed by atoms with E-state index in [0.29, 0.717) is 19.1 Å². The third-order valence-corrected chi connectivity index (χ3v) is 3.49. The van der Waals surface area contributed by atoms with Crippen molar-refractivity contribution in [3.05, 3.63) is 23.6 Å². The molecule has 0 aliphatic carbocycles. The molecule has 6 heteroatoms. The third kappa shape index (κ3) is 3.20. The molecule has 1 aliphatic rings. The van der Waals surface area contributed by atoms with Crippen molar-refractivity contribution < 1.29 is 13.9 Å². The van der Waals surface area contributed by atoms with Crippen LogP contribution in [0, 0.1) is 11.7 Å². The number of carbonyl (C=O) groups is 1. The number of hydrogen-bond acceptors (Lipinski definition) is 4. The number of nitrogens with one attached hydrogen (secondary N) is 1. The molecule has 0 spiro atoms. The highest BCUT2D eigenvalue weighted by molar-refractivity contribution is 5.95. The molecule has 1 saturated heterocycles. The summed E-state index contributed by atoms with van der Waals surface area (Å²) < 4.78 is 19.0. The van der Waals surface area contributed by atoms with Crippen LogP contribution < -0.4 is 11.1 Å². The Morgan fingerprint density at radius 3 is 2.95 bits per heavy atom. The third-order valence-electron chi connectivity index (χ3n) is 3.49. The highest BCUT2D eigenvalue weighted by Gasteiger charge is 2.23. The van der Waals surface area contributed by atoms with Crippen LogP contribution in [-0.2, 0) is 4.74 Å². The van der Waals surface area contributed by atoms with E-state index >= 15 is 0 Å². The summed E-state index contributed by atoms with van der Waals surface area (Å²) in [5.74, 6) is -1.11. The Balaban J connectivity index is 2.02. The molecule has 1 atom stereocenters. The Morgan fingerprint density at radius 1 is 1.58 bits per heavy atom. The van der Waals surface area contributed by atoms with Crippen LogP contribution in [-0.4, -0.2) is 30.1 Å². The lowest BCUT2D eigenvalue weighted by molar-refractivity contribution is 0.0537. The average molecular weight is 267 g/mol. The summed E-state index contributed by atoms with van der Waals surface area (Å²) in [7, 11) is 0.